The van der Waals surface area contributed by atoms with Crippen molar-refractivity contribution in [2.24, 2.45) is 5.16 Å². The van der Waals surface area contributed by atoms with Crippen molar-refractivity contribution in [1.29, 1.82) is 0 Å². The number of ketones is 2. The van der Waals surface area contributed by atoms with E-state index in [1.165, 1.54) is 36.9 Å². The van der Waals surface area contributed by atoms with Crippen LogP contribution in [-0.2, 0) is 14.4 Å². The molecule has 4 aromatic rings. The summed E-state index contributed by atoms with van der Waals surface area (Å²) in [6.45, 7) is 5.70. The lowest BCUT2D eigenvalue weighted by molar-refractivity contribution is -0.385. The SMILES string of the molecule is CC(=O)O/N=C(/C(=O)c1ccc(Sc2ccc(C(=O)c3ccc(N4CCOCC4)cc3)cc2)cc1)c1cccc([N+](=O)[O-])c1C. The molecule has 5 rings (SSSR count). The van der Waals surface area contributed by atoms with Crippen molar-refractivity contribution < 1.29 is 28.9 Å². The number of oxime groups is 1. The van der Waals surface area contributed by atoms with Gasteiger partial charge in [-0.25, -0.2) is 4.79 Å². The number of nitrogens with zero attached hydrogens (tertiary/aromatic N) is 3. The Morgan fingerprint density at radius 1 is 0.844 bits per heavy atom. The summed E-state index contributed by atoms with van der Waals surface area (Å²) in [6, 6.07) is 26.0. The average Bonchev–Trinajstić information content (AvgIpc) is 3.06. The van der Waals surface area contributed by atoms with Crippen LogP contribution < -0.4 is 4.90 Å². The third-order valence-corrected chi connectivity index (χ3v) is 8.23. The number of hydrogen-bond donors (Lipinski definition) is 0. The molecule has 1 saturated heterocycles. The molecule has 0 aliphatic carbocycles. The number of morpholine rings is 1. The molecule has 0 atom stereocenters. The van der Waals surface area contributed by atoms with E-state index in [2.05, 4.69) is 10.1 Å². The maximum Gasteiger partial charge on any atom is 0.332 e. The molecule has 228 valence electrons. The zero-order chi connectivity index (χ0) is 31.9. The Labute approximate surface area is 263 Å². The Kier molecular flexibility index (Phi) is 9.81. The second-order valence-electron chi connectivity index (χ2n) is 10.2. The minimum Gasteiger partial charge on any atom is -0.378 e. The average molecular weight is 624 g/mol. The molecule has 0 aromatic heterocycles. The summed E-state index contributed by atoms with van der Waals surface area (Å²) in [5, 5.41) is 15.2. The quantitative estimate of drug-likeness (QED) is 0.0660. The number of carbonyl (C=O) groups excluding carboxylic acids is 3. The fraction of sp³-hybridized carbons (Fsp3) is 0.176. The number of hydrogen-bond acceptors (Lipinski definition) is 10. The molecule has 11 heteroatoms. The van der Waals surface area contributed by atoms with Gasteiger partial charge in [0.2, 0.25) is 5.78 Å². The highest BCUT2D eigenvalue weighted by molar-refractivity contribution is 7.99. The van der Waals surface area contributed by atoms with Gasteiger partial charge in [0.15, 0.2) is 11.5 Å². The lowest BCUT2D eigenvalue weighted by Gasteiger charge is -2.28. The molecule has 0 spiro atoms. The maximum absolute atomic E-state index is 13.4. The van der Waals surface area contributed by atoms with E-state index in [-0.39, 0.29) is 33.9 Å². The number of rotatable bonds is 10. The fourth-order valence-electron chi connectivity index (χ4n) is 4.83. The highest BCUT2D eigenvalue weighted by atomic mass is 32.2. The summed E-state index contributed by atoms with van der Waals surface area (Å²) in [5.74, 6) is -1.35. The highest BCUT2D eigenvalue weighted by Gasteiger charge is 2.24. The molecule has 0 saturated carbocycles. The molecular weight excluding hydrogens is 594 g/mol. The predicted octanol–water partition coefficient (Wildman–Crippen LogP) is 6.27. The van der Waals surface area contributed by atoms with Crippen molar-refractivity contribution >= 4 is 46.4 Å². The van der Waals surface area contributed by atoms with E-state index < -0.39 is 16.7 Å². The van der Waals surface area contributed by atoms with Crippen LogP contribution in [0.2, 0.25) is 0 Å². The largest absolute Gasteiger partial charge is 0.378 e. The molecule has 0 N–H and O–H groups in total. The summed E-state index contributed by atoms with van der Waals surface area (Å²) in [4.78, 5) is 57.6. The van der Waals surface area contributed by atoms with Gasteiger partial charge in [0.25, 0.3) is 5.69 Å². The van der Waals surface area contributed by atoms with Crippen LogP contribution in [0, 0.1) is 17.0 Å². The maximum atomic E-state index is 13.4. The van der Waals surface area contributed by atoms with Crippen LogP contribution in [0.1, 0.15) is 44.3 Å². The molecule has 0 radical (unpaired) electrons. The minimum absolute atomic E-state index is 0.0619. The monoisotopic (exact) mass is 623 g/mol. The molecule has 45 heavy (non-hydrogen) atoms. The second-order valence-corrected chi connectivity index (χ2v) is 11.3. The van der Waals surface area contributed by atoms with Crippen molar-refractivity contribution in [3.63, 3.8) is 0 Å². The van der Waals surface area contributed by atoms with E-state index in [0.29, 0.717) is 24.3 Å². The van der Waals surface area contributed by atoms with Crippen molar-refractivity contribution in [2.45, 2.75) is 23.6 Å². The molecule has 10 nitrogen and oxygen atoms in total. The van der Waals surface area contributed by atoms with Crippen LogP contribution in [0.15, 0.2) is 106 Å². The van der Waals surface area contributed by atoms with E-state index in [4.69, 9.17) is 9.57 Å². The van der Waals surface area contributed by atoms with Crippen LogP contribution in [0.4, 0.5) is 11.4 Å². The number of anilines is 1. The Balaban J connectivity index is 1.27. The van der Waals surface area contributed by atoms with E-state index in [1.54, 1.807) is 36.4 Å². The lowest BCUT2D eigenvalue weighted by Crippen LogP contribution is -2.36. The van der Waals surface area contributed by atoms with Gasteiger partial charge in [-0.2, -0.15) is 0 Å². The molecule has 1 aliphatic heterocycles. The number of nitro groups is 1. The van der Waals surface area contributed by atoms with Gasteiger partial charge in [0.05, 0.1) is 18.1 Å². The van der Waals surface area contributed by atoms with Crippen LogP contribution in [0.5, 0.6) is 0 Å². The first kappa shape index (κ1) is 31.3. The molecule has 1 aliphatic rings. The summed E-state index contributed by atoms with van der Waals surface area (Å²) in [6.07, 6.45) is 0. The number of ether oxygens (including phenoxy) is 1. The lowest BCUT2D eigenvalue weighted by atomic mass is 9.96. The van der Waals surface area contributed by atoms with Gasteiger partial charge >= 0.3 is 5.97 Å². The molecule has 0 bridgehead atoms. The molecule has 4 aromatic carbocycles. The smallest absolute Gasteiger partial charge is 0.332 e. The third-order valence-electron chi connectivity index (χ3n) is 7.21. The highest BCUT2D eigenvalue weighted by Crippen LogP contribution is 2.29. The second kappa shape index (κ2) is 14.1. The Hall–Kier alpha value is -5.13. The van der Waals surface area contributed by atoms with Gasteiger partial charge in [-0.3, -0.25) is 19.7 Å². The van der Waals surface area contributed by atoms with Gasteiger partial charge in [0.1, 0.15) is 0 Å². The van der Waals surface area contributed by atoms with Crippen molar-refractivity contribution in [3.8, 4) is 0 Å². The first-order valence-electron chi connectivity index (χ1n) is 14.1. The van der Waals surface area contributed by atoms with Crippen LogP contribution in [0.25, 0.3) is 0 Å². The Morgan fingerprint density at radius 3 is 1.96 bits per heavy atom. The molecule has 1 heterocycles. The standard InChI is InChI=1S/C34H29N3O7S/c1-22-30(4-3-5-31(22)37(41)42)32(35-44-23(2)38)34(40)26-10-16-29(17-11-26)45-28-14-8-25(9-15-28)33(39)24-6-12-27(13-7-24)36-18-20-43-21-19-36/h3-17H,18-21H2,1-2H3/b35-32+. The first-order valence-corrected chi connectivity index (χ1v) is 14.9. The van der Waals surface area contributed by atoms with Crippen molar-refractivity contribution in [3.05, 3.63) is 129 Å². The minimum atomic E-state index is -0.732. The van der Waals surface area contributed by atoms with Gasteiger partial charge in [-0.05, 0) is 79.7 Å². The molecule has 1 fully saturated rings. The topological polar surface area (TPSA) is 128 Å². The molecule has 0 unspecified atom stereocenters. The number of Topliss-reactive ketones (excluding diaryl/α,β-unsaturated/α-hetero) is 1. The summed E-state index contributed by atoms with van der Waals surface area (Å²) < 4.78 is 5.41. The number of nitro benzene ring substituents is 1. The van der Waals surface area contributed by atoms with Crippen LogP contribution in [0.3, 0.4) is 0 Å². The fourth-order valence-corrected chi connectivity index (χ4v) is 5.65. The van der Waals surface area contributed by atoms with Gasteiger partial charge in [-0.1, -0.05) is 29.1 Å². The predicted molar refractivity (Wildman–Crippen MR) is 170 cm³/mol. The summed E-state index contributed by atoms with van der Waals surface area (Å²) in [7, 11) is 0. The van der Waals surface area contributed by atoms with Crippen LogP contribution in [-0.4, -0.2) is 54.5 Å². The number of carbonyl (C=O) groups is 3. The van der Waals surface area contributed by atoms with Crippen LogP contribution >= 0.6 is 11.8 Å². The van der Waals surface area contributed by atoms with Gasteiger partial charge < -0.3 is 14.5 Å². The molecular formula is C34H29N3O7S. The zero-order valence-electron chi connectivity index (χ0n) is 24.6. The Morgan fingerprint density at radius 2 is 1.40 bits per heavy atom. The van der Waals surface area contributed by atoms with Gasteiger partial charge in [-0.15, -0.1) is 0 Å². The number of benzene rings is 4. The molecule has 0 amide bonds. The zero-order valence-corrected chi connectivity index (χ0v) is 25.4. The van der Waals surface area contributed by atoms with Crippen molar-refractivity contribution in [1.82, 2.24) is 0 Å². The van der Waals surface area contributed by atoms with E-state index >= 15 is 0 Å². The van der Waals surface area contributed by atoms with E-state index in [1.807, 2.05) is 36.4 Å². The Bertz CT molecular complexity index is 1760. The summed E-state index contributed by atoms with van der Waals surface area (Å²) >= 11 is 1.46. The first-order chi connectivity index (χ1) is 21.7. The van der Waals surface area contributed by atoms with E-state index in [9.17, 15) is 24.5 Å². The normalized spacial score (nSPS) is 13.3. The third kappa shape index (κ3) is 7.51. The van der Waals surface area contributed by atoms with E-state index in [0.717, 1.165) is 35.5 Å². The van der Waals surface area contributed by atoms with Gasteiger partial charge in [0, 0.05) is 69.4 Å². The summed E-state index contributed by atoms with van der Waals surface area (Å²) in [5.41, 5.74) is 2.54. The van der Waals surface area contributed by atoms with Crippen molar-refractivity contribution in [2.75, 3.05) is 31.2 Å².